The van der Waals surface area contributed by atoms with Gasteiger partial charge in [-0.15, -0.1) is 0 Å². The maximum Gasteiger partial charge on any atom is 0.331 e. The third-order valence-electron chi connectivity index (χ3n) is 3.91. The second-order valence-corrected chi connectivity index (χ2v) is 7.76. The van der Waals surface area contributed by atoms with Crippen LogP contribution in [0, 0.1) is 0 Å². The van der Waals surface area contributed by atoms with E-state index in [2.05, 4.69) is 10.4 Å². The fraction of sp³-hybridized carbons (Fsp3) is 0.409. The summed E-state index contributed by atoms with van der Waals surface area (Å²) in [6, 6.07) is 8.98. The van der Waals surface area contributed by atoms with E-state index >= 15 is 0 Å². The number of carboxylic acids is 1. The Labute approximate surface area is 181 Å². The van der Waals surface area contributed by atoms with Crippen LogP contribution in [0.15, 0.2) is 54.9 Å². The van der Waals surface area contributed by atoms with E-state index in [9.17, 15) is 9.59 Å². The van der Waals surface area contributed by atoms with Crippen LogP contribution < -0.4 is 14.8 Å². The van der Waals surface area contributed by atoms with Gasteiger partial charge in [0.2, 0.25) is 0 Å². The minimum atomic E-state index is -1.22. The topological polar surface area (TPSA) is 112 Å². The predicted molar refractivity (Wildman–Crippen MR) is 114 cm³/mol. The van der Waals surface area contributed by atoms with Crippen LogP contribution in [0.2, 0.25) is 0 Å². The quantitative estimate of drug-likeness (QED) is 0.389. The number of carbonyl (C=O) groups excluding carboxylic acids is 1. The molecule has 0 aliphatic heterocycles. The zero-order chi connectivity index (χ0) is 22.7. The van der Waals surface area contributed by atoms with Crippen LogP contribution in [0.25, 0.3) is 0 Å². The Kier molecular flexibility index (Phi) is 9.08. The van der Waals surface area contributed by atoms with E-state index < -0.39 is 18.0 Å². The number of aliphatic carboxylic acids is 1. The monoisotopic (exact) mass is 431 g/mol. The fourth-order valence-electron chi connectivity index (χ4n) is 2.41. The summed E-state index contributed by atoms with van der Waals surface area (Å²) in [6.07, 6.45) is 4.60. The third-order valence-corrected chi connectivity index (χ3v) is 3.91. The van der Waals surface area contributed by atoms with Crippen LogP contribution >= 0.6 is 0 Å². The van der Waals surface area contributed by atoms with Gasteiger partial charge in [0.15, 0.2) is 0 Å². The Balaban J connectivity index is 1.85. The highest BCUT2D eigenvalue weighted by Gasteiger charge is 2.18. The molecule has 1 heterocycles. The minimum absolute atomic E-state index is 0.106. The average Bonchev–Trinajstić information content (AvgIpc) is 3.22. The standard InChI is InChI=1S/C22H29N3O6/c1-22(2,3)23-15-19(31-21(28)10-9-20(26)27)16-30-18-7-5-17(6-8-18)29-14-13-25-12-4-11-24-25/h4-12,19,23H,13-16H2,1-3H3,(H,26,27)/b10-9-. The van der Waals surface area contributed by atoms with Gasteiger partial charge in [0.1, 0.15) is 30.8 Å². The Morgan fingerprint density at radius 2 is 1.84 bits per heavy atom. The van der Waals surface area contributed by atoms with Crippen molar-refractivity contribution in [1.29, 1.82) is 0 Å². The lowest BCUT2D eigenvalue weighted by molar-refractivity contribution is -0.145. The number of carbonyl (C=O) groups is 2. The van der Waals surface area contributed by atoms with Gasteiger partial charge in [-0.1, -0.05) is 0 Å². The molecule has 0 aliphatic carbocycles. The highest BCUT2D eigenvalue weighted by molar-refractivity contribution is 5.90. The zero-order valence-electron chi connectivity index (χ0n) is 18.0. The first-order valence-electron chi connectivity index (χ1n) is 9.91. The van der Waals surface area contributed by atoms with Gasteiger partial charge in [-0.25, -0.2) is 9.59 Å². The van der Waals surface area contributed by atoms with Crippen molar-refractivity contribution in [2.75, 3.05) is 19.8 Å². The molecule has 0 saturated heterocycles. The fourth-order valence-corrected chi connectivity index (χ4v) is 2.41. The van der Waals surface area contributed by atoms with Crippen LogP contribution in [0.4, 0.5) is 0 Å². The van der Waals surface area contributed by atoms with Crippen molar-refractivity contribution in [3.63, 3.8) is 0 Å². The van der Waals surface area contributed by atoms with E-state index in [1.807, 2.05) is 33.0 Å². The van der Waals surface area contributed by atoms with Gasteiger partial charge in [0.05, 0.1) is 6.54 Å². The van der Waals surface area contributed by atoms with E-state index in [0.717, 1.165) is 12.2 Å². The molecular weight excluding hydrogens is 402 g/mol. The molecule has 1 unspecified atom stereocenters. The van der Waals surface area contributed by atoms with E-state index in [1.54, 1.807) is 35.1 Å². The first kappa shape index (κ1) is 23.9. The molecule has 1 aromatic heterocycles. The lowest BCUT2D eigenvalue weighted by Crippen LogP contribution is -2.44. The highest BCUT2D eigenvalue weighted by atomic mass is 16.6. The molecule has 2 aromatic rings. The summed E-state index contributed by atoms with van der Waals surface area (Å²) < 4.78 is 18.5. The summed E-state index contributed by atoms with van der Waals surface area (Å²) in [5.74, 6) is -0.662. The first-order valence-corrected chi connectivity index (χ1v) is 9.91. The molecule has 168 valence electrons. The van der Waals surface area contributed by atoms with Gasteiger partial charge in [0, 0.05) is 36.6 Å². The smallest absolute Gasteiger partial charge is 0.331 e. The Morgan fingerprint density at radius 3 is 2.42 bits per heavy atom. The number of aromatic nitrogens is 2. The molecule has 2 N–H and O–H groups in total. The van der Waals surface area contributed by atoms with Gasteiger partial charge in [-0.05, 0) is 51.1 Å². The molecule has 9 nitrogen and oxygen atoms in total. The van der Waals surface area contributed by atoms with Gasteiger partial charge < -0.3 is 24.6 Å². The van der Waals surface area contributed by atoms with E-state index in [-0.39, 0.29) is 12.1 Å². The first-order chi connectivity index (χ1) is 14.7. The molecule has 1 atom stereocenters. The maximum absolute atomic E-state index is 11.8. The summed E-state index contributed by atoms with van der Waals surface area (Å²) in [5.41, 5.74) is -0.184. The maximum atomic E-state index is 11.8. The molecule has 0 bridgehead atoms. The van der Waals surface area contributed by atoms with E-state index in [1.165, 1.54) is 0 Å². The lowest BCUT2D eigenvalue weighted by Gasteiger charge is -2.25. The van der Waals surface area contributed by atoms with Gasteiger partial charge >= 0.3 is 11.9 Å². The molecular formula is C22H29N3O6. The van der Waals surface area contributed by atoms with Crippen LogP contribution in [-0.4, -0.2) is 58.2 Å². The molecule has 0 radical (unpaired) electrons. The number of benzene rings is 1. The van der Waals surface area contributed by atoms with E-state index in [4.69, 9.17) is 19.3 Å². The molecule has 0 saturated carbocycles. The number of hydrogen-bond acceptors (Lipinski definition) is 7. The van der Waals surface area contributed by atoms with Crippen molar-refractivity contribution < 1.29 is 28.9 Å². The summed E-state index contributed by atoms with van der Waals surface area (Å²) in [7, 11) is 0. The Bertz CT molecular complexity index is 841. The SMILES string of the molecule is CC(C)(C)NCC(COc1ccc(OCCn2cccn2)cc1)OC(=O)/C=C\C(=O)O. The van der Waals surface area contributed by atoms with Crippen molar-refractivity contribution >= 4 is 11.9 Å². The van der Waals surface area contributed by atoms with Crippen molar-refractivity contribution in [2.24, 2.45) is 0 Å². The lowest BCUT2D eigenvalue weighted by atomic mass is 10.1. The second kappa shape index (κ2) is 11.8. The predicted octanol–water partition coefficient (Wildman–Crippen LogP) is 2.28. The van der Waals surface area contributed by atoms with Crippen LogP contribution in [-0.2, 0) is 20.9 Å². The molecule has 0 amide bonds. The summed E-state index contributed by atoms with van der Waals surface area (Å²) in [4.78, 5) is 22.4. The van der Waals surface area contributed by atoms with Crippen LogP contribution in [0.1, 0.15) is 20.8 Å². The molecule has 0 aliphatic rings. The molecule has 9 heteroatoms. The van der Waals surface area contributed by atoms with Gasteiger partial charge in [-0.3, -0.25) is 4.68 Å². The van der Waals surface area contributed by atoms with Crippen LogP contribution in [0.3, 0.4) is 0 Å². The number of ether oxygens (including phenoxy) is 3. The zero-order valence-corrected chi connectivity index (χ0v) is 18.0. The van der Waals surface area contributed by atoms with Gasteiger partial charge in [0.25, 0.3) is 0 Å². The third kappa shape index (κ3) is 10.3. The number of nitrogens with zero attached hydrogens (tertiary/aromatic N) is 2. The number of carboxylic acid groups (broad SMARTS) is 1. The Hall–Kier alpha value is -3.33. The number of nitrogens with one attached hydrogen (secondary N) is 1. The molecule has 1 aromatic carbocycles. The number of hydrogen-bond donors (Lipinski definition) is 2. The summed E-state index contributed by atoms with van der Waals surface area (Å²) >= 11 is 0. The van der Waals surface area contributed by atoms with E-state index in [0.29, 0.717) is 31.2 Å². The molecule has 2 rings (SSSR count). The highest BCUT2D eigenvalue weighted by Crippen LogP contribution is 2.18. The molecule has 0 spiro atoms. The number of esters is 1. The normalized spacial score (nSPS) is 12.5. The molecule has 0 fully saturated rings. The molecule has 31 heavy (non-hydrogen) atoms. The minimum Gasteiger partial charge on any atom is -0.492 e. The van der Waals surface area contributed by atoms with Crippen molar-refractivity contribution in [1.82, 2.24) is 15.1 Å². The van der Waals surface area contributed by atoms with Crippen molar-refractivity contribution in [3.05, 3.63) is 54.9 Å². The Morgan fingerprint density at radius 1 is 1.16 bits per heavy atom. The van der Waals surface area contributed by atoms with Crippen LogP contribution in [0.5, 0.6) is 11.5 Å². The van der Waals surface area contributed by atoms with Gasteiger partial charge in [-0.2, -0.15) is 5.10 Å². The average molecular weight is 431 g/mol. The second-order valence-electron chi connectivity index (χ2n) is 7.76. The van der Waals surface area contributed by atoms with Crippen molar-refractivity contribution in [3.8, 4) is 11.5 Å². The summed E-state index contributed by atoms with van der Waals surface area (Å²) in [6.45, 7) is 7.56. The largest absolute Gasteiger partial charge is 0.492 e. The summed E-state index contributed by atoms with van der Waals surface area (Å²) in [5, 5.41) is 16.0. The van der Waals surface area contributed by atoms with Crippen molar-refractivity contribution in [2.45, 2.75) is 39.0 Å². The number of rotatable bonds is 12.